The Bertz CT molecular complexity index is 406. The molecule has 0 aromatic heterocycles. The van der Waals surface area contributed by atoms with Gasteiger partial charge in [-0.15, -0.1) is 0 Å². The van der Waals surface area contributed by atoms with Crippen molar-refractivity contribution >= 4 is 11.6 Å². The van der Waals surface area contributed by atoms with Gasteiger partial charge in [-0.1, -0.05) is 5.92 Å². The Morgan fingerprint density at radius 2 is 1.89 bits per heavy atom. The van der Waals surface area contributed by atoms with E-state index < -0.39 is 0 Å². The molecule has 3 nitrogen and oxygen atoms in total. The van der Waals surface area contributed by atoms with Crippen molar-refractivity contribution in [2.45, 2.75) is 31.8 Å². The highest BCUT2D eigenvalue weighted by Gasteiger charge is 2.09. The predicted molar refractivity (Wildman–Crippen MR) is 76.6 cm³/mol. The number of unbranched alkanes of at least 4 members (excludes halogenated alkanes) is 1. The highest BCUT2D eigenvalue weighted by Crippen LogP contribution is 2.20. The summed E-state index contributed by atoms with van der Waals surface area (Å²) >= 11 is 5.38. The second-order valence-electron chi connectivity index (χ2n) is 4.11. The molecule has 0 amide bonds. The molecule has 0 spiro atoms. The second-order valence-corrected chi connectivity index (χ2v) is 4.30. The maximum absolute atomic E-state index is 8.80. The summed E-state index contributed by atoms with van der Waals surface area (Å²) in [4.78, 5) is 0. The highest BCUT2D eigenvalue weighted by atomic mass is 35.5. The lowest BCUT2D eigenvalue weighted by Crippen LogP contribution is -2.16. The smallest absolute Gasteiger partial charge is 0.120 e. The number of methoxy groups -OCH3 is 1. The van der Waals surface area contributed by atoms with Gasteiger partial charge in [-0.3, -0.25) is 0 Å². The van der Waals surface area contributed by atoms with Crippen molar-refractivity contribution in [1.82, 2.24) is 0 Å². The maximum Gasteiger partial charge on any atom is 0.120 e. The molecule has 0 fully saturated rings. The summed E-state index contributed by atoms with van der Waals surface area (Å²) in [5, 5.41) is 11.2. The lowest BCUT2D eigenvalue weighted by molar-refractivity contribution is 0.186. The Labute approximate surface area is 119 Å². The van der Waals surface area contributed by atoms with E-state index in [1.165, 1.54) is 0 Å². The lowest BCUT2D eigenvalue weighted by Gasteiger charge is -2.17. The Morgan fingerprint density at radius 1 is 1.21 bits per heavy atom. The van der Waals surface area contributed by atoms with Crippen LogP contribution < -0.4 is 9.47 Å². The van der Waals surface area contributed by atoms with E-state index in [1.54, 1.807) is 7.11 Å². The van der Waals surface area contributed by atoms with Gasteiger partial charge in [0.2, 0.25) is 0 Å². The molecule has 0 aliphatic carbocycles. The average Bonchev–Trinajstić information content (AvgIpc) is 2.45. The number of hydrogen-bond donors (Lipinski definition) is 1. The van der Waals surface area contributed by atoms with Crippen LogP contribution in [0, 0.1) is 11.3 Å². The van der Waals surface area contributed by atoms with E-state index in [0.717, 1.165) is 30.8 Å². The Morgan fingerprint density at radius 3 is 2.47 bits per heavy atom. The summed E-state index contributed by atoms with van der Waals surface area (Å²) in [6.45, 7) is 0.205. The van der Waals surface area contributed by atoms with Crippen LogP contribution in [0.3, 0.4) is 0 Å². The Hall–Kier alpha value is -1.37. The van der Waals surface area contributed by atoms with Gasteiger partial charge in [-0.2, -0.15) is 0 Å². The fourth-order valence-electron chi connectivity index (χ4n) is 1.69. The van der Waals surface area contributed by atoms with E-state index in [0.29, 0.717) is 6.42 Å². The van der Waals surface area contributed by atoms with Crippen molar-refractivity contribution in [3.63, 3.8) is 0 Å². The summed E-state index contributed by atoms with van der Waals surface area (Å²) in [7, 11) is 1.63. The van der Waals surface area contributed by atoms with Crippen LogP contribution in [0.5, 0.6) is 11.5 Å². The molecule has 104 valence electrons. The minimum absolute atomic E-state index is 0.00815. The van der Waals surface area contributed by atoms with Gasteiger partial charge in [-0.05, 0) is 55.1 Å². The molecule has 1 rings (SSSR count). The first-order valence-corrected chi connectivity index (χ1v) is 6.68. The molecule has 1 aromatic rings. The maximum atomic E-state index is 8.80. The topological polar surface area (TPSA) is 38.7 Å². The van der Waals surface area contributed by atoms with Crippen LogP contribution in [-0.2, 0) is 0 Å². The zero-order valence-electron chi connectivity index (χ0n) is 11.1. The molecule has 0 radical (unpaired) electrons. The highest BCUT2D eigenvalue weighted by molar-refractivity contribution is 6.30. The van der Waals surface area contributed by atoms with Gasteiger partial charge in [-0.25, -0.2) is 0 Å². The van der Waals surface area contributed by atoms with Crippen LogP contribution in [0.2, 0.25) is 0 Å². The molecule has 0 bridgehead atoms. The predicted octanol–water partition coefficient (Wildman–Crippen LogP) is 3.20. The van der Waals surface area contributed by atoms with Gasteiger partial charge in [0.05, 0.1) is 7.11 Å². The Balaban J connectivity index is 2.54. The minimum atomic E-state index is -0.00815. The molecule has 0 saturated heterocycles. The molecule has 0 heterocycles. The summed E-state index contributed by atoms with van der Waals surface area (Å²) in [5.74, 6) is 4.40. The van der Waals surface area contributed by atoms with E-state index in [2.05, 4.69) is 11.3 Å². The zero-order chi connectivity index (χ0) is 13.9. The van der Waals surface area contributed by atoms with Crippen molar-refractivity contribution in [3.05, 3.63) is 24.3 Å². The molecule has 1 unspecified atom stereocenters. The van der Waals surface area contributed by atoms with Crippen molar-refractivity contribution in [3.8, 4) is 22.8 Å². The van der Waals surface area contributed by atoms with Crippen LogP contribution in [0.4, 0.5) is 0 Å². The van der Waals surface area contributed by atoms with Crippen LogP contribution in [0.15, 0.2) is 24.3 Å². The number of rotatable bonds is 8. The second kappa shape index (κ2) is 9.55. The van der Waals surface area contributed by atoms with Gasteiger partial charge >= 0.3 is 0 Å². The molecular weight excluding hydrogens is 264 g/mol. The van der Waals surface area contributed by atoms with Crippen molar-refractivity contribution in [1.29, 1.82) is 0 Å². The summed E-state index contributed by atoms with van der Waals surface area (Å²) in [5.41, 5.74) is 0. The number of aliphatic hydroxyl groups excluding tert-OH is 1. The van der Waals surface area contributed by atoms with E-state index in [1.807, 2.05) is 24.3 Å². The monoisotopic (exact) mass is 282 g/mol. The van der Waals surface area contributed by atoms with Crippen molar-refractivity contribution in [2.24, 2.45) is 0 Å². The van der Waals surface area contributed by atoms with Gasteiger partial charge in [0.15, 0.2) is 0 Å². The first kappa shape index (κ1) is 15.7. The first-order chi connectivity index (χ1) is 9.30. The molecule has 1 N–H and O–H groups in total. The van der Waals surface area contributed by atoms with E-state index in [9.17, 15) is 0 Å². The molecule has 0 aliphatic heterocycles. The fraction of sp³-hybridized carbons (Fsp3) is 0.467. The van der Waals surface area contributed by atoms with Gasteiger partial charge in [0, 0.05) is 18.4 Å². The number of halogens is 1. The van der Waals surface area contributed by atoms with Gasteiger partial charge in [0.25, 0.3) is 0 Å². The summed E-state index contributed by atoms with van der Waals surface area (Å²) < 4.78 is 11.0. The zero-order valence-corrected chi connectivity index (χ0v) is 11.8. The van der Waals surface area contributed by atoms with E-state index in [-0.39, 0.29) is 12.7 Å². The molecule has 1 atom stereocenters. The Kier molecular flexibility index (Phi) is 7.88. The number of aliphatic hydroxyl groups is 1. The van der Waals surface area contributed by atoms with Crippen LogP contribution in [0.25, 0.3) is 0 Å². The van der Waals surface area contributed by atoms with Gasteiger partial charge < -0.3 is 14.6 Å². The van der Waals surface area contributed by atoms with Crippen LogP contribution in [-0.4, -0.2) is 24.9 Å². The average molecular weight is 283 g/mol. The first-order valence-electron chi connectivity index (χ1n) is 6.30. The number of ether oxygens (including phenoxy) is 2. The molecule has 0 aliphatic rings. The third-order valence-corrected chi connectivity index (χ3v) is 2.83. The third kappa shape index (κ3) is 6.37. The van der Waals surface area contributed by atoms with Crippen LogP contribution in [0.1, 0.15) is 25.7 Å². The largest absolute Gasteiger partial charge is 0.497 e. The minimum Gasteiger partial charge on any atom is -0.497 e. The summed E-state index contributed by atoms with van der Waals surface area (Å²) in [6, 6.07) is 7.44. The molecule has 19 heavy (non-hydrogen) atoms. The quantitative estimate of drug-likeness (QED) is 0.588. The molecule has 0 saturated carbocycles. The molecule has 1 aromatic carbocycles. The standard InChI is InChI=1S/C15H19ClO3/c1-18-13-7-9-15(10-8-13)19-14(6-4-11-16)5-2-3-12-17/h7-10,14,17H,2-3,5-6,12H2,1H3. The fourth-order valence-corrected chi connectivity index (χ4v) is 1.76. The normalized spacial score (nSPS) is 11.3. The van der Waals surface area contributed by atoms with E-state index >= 15 is 0 Å². The number of hydrogen-bond acceptors (Lipinski definition) is 3. The lowest BCUT2D eigenvalue weighted by atomic mass is 10.1. The van der Waals surface area contributed by atoms with Gasteiger partial charge in [0.1, 0.15) is 17.6 Å². The third-order valence-electron chi connectivity index (χ3n) is 2.69. The van der Waals surface area contributed by atoms with Crippen molar-refractivity contribution in [2.75, 3.05) is 13.7 Å². The van der Waals surface area contributed by atoms with Crippen molar-refractivity contribution < 1.29 is 14.6 Å². The van der Waals surface area contributed by atoms with E-state index in [4.69, 9.17) is 26.2 Å². The number of benzene rings is 1. The summed E-state index contributed by atoms with van der Waals surface area (Å²) in [6.07, 6.45) is 3.10. The molecule has 4 heteroatoms. The SMILES string of the molecule is COc1ccc(OC(CC#CCl)CCCCO)cc1. The molecular formula is C15H19ClO3. The van der Waals surface area contributed by atoms with Crippen LogP contribution >= 0.6 is 11.6 Å².